The van der Waals surface area contributed by atoms with Crippen LogP contribution in [0.1, 0.15) is 26.7 Å². The smallest absolute Gasteiger partial charge is 0.0470 e. The topological polar surface area (TPSA) is 15.3 Å². The molecular formula is C15H21ClN2. The van der Waals surface area contributed by atoms with Crippen molar-refractivity contribution in [2.75, 3.05) is 24.5 Å². The van der Waals surface area contributed by atoms with Crippen LogP contribution in [0.4, 0.5) is 5.69 Å². The number of nitrogens with one attached hydrogen (secondary N) is 1. The Morgan fingerprint density at radius 1 is 1.11 bits per heavy atom. The van der Waals surface area contributed by atoms with E-state index in [9.17, 15) is 0 Å². The lowest BCUT2D eigenvalue weighted by molar-refractivity contribution is 0.456. The first-order valence-corrected chi connectivity index (χ1v) is 7.13. The van der Waals surface area contributed by atoms with Gasteiger partial charge in [0.2, 0.25) is 0 Å². The van der Waals surface area contributed by atoms with Crippen molar-refractivity contribution in [1.82, 2.24) is 5.32 Å². The lowest BCUT2D eigenvalue weighted by Crippen LogP contribution is -2.49. The van der Waals surface area contributed by atoms with Crippen molar-refractivity contribution in [3.63, 3.8) is 0 Å². The van der Waals surface area contributed by atoms with Gasteiger partial charge in [0.15, 0.2) is 0 Å². The second-order valence-electron chi connectivity index (χ2n) is 6.48. The number of anilines is 1. The molecule has 1 aromatic carbocycles. The molecule has 3 rings (SSSR count). The van der Waals surface area contributed by atoms with Crippen LogP contribution in [0.2, 0.25) is 5.02 Å². The van der Waals surface area contributed by atoms with Gasteiger partial charge in [-0.3, -0.25) is 0 Å². The molecular weight excluding hydrogens is 244 g/mol. The maximum absolute atomic E-state index is 5.99. The summed E-state index contributed by atoms with van der Waals surface area (Å²) >= 11 is 5.99. The molecule has 1 spiro atoms. The van der Waals surface area contributed by atoms with Crippen LogP contribution in [0.15, 0.2) is 24.3 Å². The molecule has 1 saturated carbocycles. The Morgan fingerprint density at radius 2 is 1.78 bits per heavy atom. The van der Waals surface area contributed by atoms with Crippen molar-refractivity contribution in [2.45, 2.75) is 32.2 Å². The van der Waals surface area contributed by atoms with Crippen molar-refractivity contribution in [1.29, 1.82) is 0 Å². The summed E-state index contributed by atoms with van der Waals surface area (Å²) in [5, 5.41) is 4.44. The summed E-state index contributed by atoms with van der Waals surface area (Å²) in [6.07, 6.45) is 2.72. The largest absolute Gasteiger partial charge is 0.365 e. The van der Waals surface area contributed by atoms with E-state index in [1.807, 2.05) is 12.1 Å². The highest BCUT2D eigenvalue weighted by atomic mass is 35.5. The fraction of sp³-hybridized carbons (Fsp3) is 0.600. The zero-order valence-corrected chi connectivity index (χ0v) is 11.9. The molecule has 1 saturated heterocycles. The van der Waals surface area contributed by atoms with Crippen LogP contribution in [0.3, 0.4) is 0 Å². The zero-order valence-electron chi connectivity index (χ0n) is 11.2. The highest BCUT2D eigenvalue weighted by Gasteiger charge is 2.47. The molecule has 98 valence electrons. The Bertz CT molecular complexity index is 434. The predicted octanol–water partition coefficient (Wildman–Crippen LogP) is 3.31. The van der Waals surface area contributed by atoms with Gasteiger partial charge < -0.3 is 10.2 Å². The molecule has 0 amide bonds. The molecule has 0 radical (unpaired) electrons. The van der Waals surface area contributed by atoms with Crippen LogP contribution in [-0.2, 0) is 0 Å². The molecule has 2 aliphatic rings. The maximum atomic E-state index is 5.99. The molecule has 1 aliphatic heterocycles. The van der Waals surface area contributed by atoms with Gasteiger partial charge >= 0.3 is 0 Å². The maximum Gasteiger partial charge on any atom is 0.0470 e. The second kappa shape index (κ2) is 4.14. The van der Waals surface area contributed by atoms with Crippen LogP contribution in [0.25, 0.3) is 0 Å². The standard InChI is InChI=1S/C15H21ClN2/c1-14(2)9-17-10-15(7-8-15)11-18(14)13-5-3-12(16)4-6-13/h3-6,17H,7-11H2,1-2H3. The van der Waals surface area contributed by atoms with Crippen LogP contribution >= 0.6 is 11.6 Å². The van der Waals surface area contributed by atoms with Crippen molar-refractivity contribution in [2.24, 2.45) is 5.41 Å². The normalized spacial score (nSPS) is 24.9. The molecule has 1 heterocycles. The van der Waals surface area contributed by atoms with Crippen LogP contribution < -0.4 is 10.2 Å². The Balaban J connectivity index is 1.92. The first-order valence-electron chi connectivity index (χ1n) is 6.75. The predicted molar refractivity (Wildman–Crippen MR) is 77.4 cm³/mol. The van der Waals surface area contributed by atoms with Crippen LogP contribution in [-0.4, -0.2) is 25.2 Å². The van der Waals surface area contributed by atoms with E-state index in [2.05, 4.69) is 36.2 Å². The number of nitrogens with zero attached hydrogens (tertiary/aromatic N) is 1. The molecule has 1 aliphatic carbocycles. The molecule has 2 fully saturated rings. The third kappa shape index (κ3) is 2.24. The Hall–Kier alpha value is -0.730. The van der Waals surface area contributed by atoms with Crippen molar-refractivity contribution in [3.05, 3.63) is 29.3 Å². The summed E-state index contributed by atoms with van der Waals surface area (Å²) in [5.74, 6) is 0. The second-order valence-corrected chi connectivity index (χ2v) is 6.91. The monoisotopic (exact) mass is 264 g/mol. The van der Waals surface area contributed by atoms with Gasteiger partial charge in [0.05, 0.1) is 0 Å². The van der Waals surface area contributed by atoms with Gasteiger partial charge in [-0.25, -0.2) is 0 Å². The Labute approximate surface area is 114 Å². The molecule has 0 aromatic heterocycles. The van der Waals surface area contributed by atoms with Gasteiger partial charge in [0, 0.05) is 41.3 Å². The zero-order chi connectivity index (χ0) is 12.8. The Morgan fingerprint density at radius 3 is 2.39 bits per heavy atom. The summed E-state index contributed by atoms with van der Waals surface area (Å²) in [7, 11) is 0. The van der Waals surface area contributed by atoms with Gasteiger partial charge in [0.1, 0.15) is 0 Å². The molecule has 18 heavy (non-hydrogen) atoms. The van der Waals surface area contributed by atoms with E-state index in [0.29, 0.717) is 5.41 Å². The lowest BCUT2D eigenvalue weighted by atomic mass is 10.00. The highest BCUT2D eigenvalue weighted by molar-refractivity contribution is 6.30. The summed E-state index contributed by atoms with van der Waals surface area (Å²) in [6, 6.07) is 8.27. The molecule has 2 nitrogen and oxygen atoms in total. The SMILES string of the molecule is CC1(C)CNCC2(CC2)CN1c1ccc(Cl)cc1. The fourth-order valence-electron chi connectivity index (χ4n) is 2.91. The summed E-state index contributed by atoms with van der Waals surface area (Å²) < 4.78 is 0. The van der Waals surface area contributed by atoms with E-state index in [1.54, 1.807) is 0 Å². The lowest BCUT2D eigenvalue weighted by Gasteiger charge is -2.40. The number of benzene rings is 1. The summed E-state index contributed by atoms with van der Waals surface area (Å²) in [5.41, 5.74) is 1.97. The third-order valence-electron chi connectivity index (χ3n) is 4.38. The van der Waals surface area contributed by atoms with Crippen molar-refractivity contribution in [3.8, 4) is 0 Å². The summed E-state index contributed by atoms with van der Waals surface area (Å²) in [4.78, 5) is 2.55. The highest BCUT2D eigenvalue weighted by Crippen LogP contribution is 2.48. The minimum atomic E-state index is 0.153. The molecule has 1 aromatic rings. The summed E-state index contributed by atoms with van der Waals surface area (Å²) in [6.45, 7) is 8.00. The van der Waals surface area contributed by atoms with Crippen molar-refractivity contribution < 1.29 is 0 Å². The van der Waals surface area contributed by atoms with Gasteiger partial charge in [-0.05, 0) is 51.0 Å². The van der Waals surface area contributed by atoms with Crippen molar-refractivity contribution >= 4 is 17.3 Å². The average molecular weight is 265 g/mol. The number of hydrogen-bond donors (Lipinski definition) is 1. The van der Waals surface area contributed by atoms with E-state index in [0.717, 1.165) is 18.1 Å². The number of hydrogen-bond acceptors (Lipinski definition) is 2. The van der Waals surface area contributed by atoms with Crippen LogP contribution in [0.5, 0.6) is 0 Å². The third-order valence-corrected chi connectivity index (χ3v) is 4.63. The van der Waals surface area contributed by atoms with E-state index in [1.165, 1.54) is 25.1 Å². The number of rotatable bonds is 1. The van der Waals surface area contributed by atoms with Gasteiger partial charge in [-0.2, -0.15) is 0 Å². The first kappa shape index (κ1) is 12.3. The number of halogens is 1. The fourth-order valence-corrected chi connectivity index (χ4v) is 3.03. The van der Waals surface area contributed by atoms with E-state index < -0.39 is 0 Å². The van der Waals surface area contributed by atoms with E-state index in [-0.39, 0.29) is 5.54 Å². The van der Waals surface area contributed by atoms with Gasteiger partial charge in [-0.15, -0.1) is 0 Å². The van der Waals surface area contributed by atoms with Gasteiger partial charge in [0.25, 0.3) is 0 Å². The van der Waals surface area contributed by atoms with Crippen LogP contribution in [0, 0.1) is 5.41 Å². The minimum absolute atomic E-state index is 0.153. The molecule has 0 atom stereocenters. The van der Waals surface area contributed by atoms with Gasteiger partial charge in [-0.1, -0.05) is 11.6 Å². The molecule has 0 unspecified atom stereocenters. The molecule has 0 bridgehead atoms. The van der Waals surface area contributed by atoms with E-state index >= 15 is 0 Å². The molecule has 1 N–H and O–H groups in total. The average Bonchev–Trinajstić information content (AvgIpc) is 3.08. The quantitative estimate of drug-likeness (QED) is 0.837. The molecule has 3 heteroatoms. The minimum Gasteiger partial charge on any atom is -0.365 e. The Kier molecular flexibility index (Phi) is 2.83. The van der Waals surface area contributed by atoms with E-state index in [4.69, 9.17) is 11.6 Å². The first-order chi connectivity index (χ1) is 8.51.